The molecule has 0 saturated heterocycles. The molecule has 0 aliphatic heterocycles. The number of aliphatic carboxylic acids is 1. The second kappa shape index (κ2) is 6.83. The van der Waals surface area contributed by atoms with Crippen LogP contribution < -0.4 is 16.4 Å². The van der Waals surface area contributed by atoms with E-state index in [-0.39, 0.29) is 6.42 Å². The van der Waals surface area contributed by atoms with Crippen molar-refractivity contribution in [1.29, 1.82) is 0 Å². The minimum Gasteiger partial charge on any atom is -0.480 e. The lowest BCUT2D eigenvalue weighted by atomic mass is 10.0. The summed E-state index contributed by atoms with van der Waals surface area (Å²) < 4.78 is 0. The average Bonchev–Trinajstić information content (AvgIpc) is 2.13. The number of carbonyl (C=O) groups excluding carboxylic acids is 2. The maximum atomic E-state index is 11.6. The van der Waals surface area contributed by atoms with Crippen LogP contribution in [0.1, 0.15) is 40.0 Å². The monoisotopic (exact) mass is 259 g/mol. The molecule has 0 aromatic rings. The number of nitrogens with one attached hydrogen (secondary N) is 2. The van der Waals surface area contributed by atoms with Crippen LogP contribution in [0.5, 0.6) is 0 Å². The minimum absolute atomic E-state index is 0.0219. The third-order valence-corrected chi connectivity index (χ3v) is 2.25. The van der Waals surface area contributed by atoms with E-state index in [1.165, 1.54) is 0 Å². The van der Waals surface area contributed by atoms with Crippen molar-refractivity contribution in [2.24, 2.45) is 5.73 Å². The predicted molar refractivity (Wildman–Crippen MR) is 65.9 cm³/mol. The summed E-state index contributed by atoms with van der Waals surface area (Å²) in [6.45, 7) is 5.09. The van der Waals surface area contributed by atoms with Gasteiger partial charge < -0.3 is 21.5 Å². The number of nitrogens with two attached hydrogens (primary N) is 1. The first-order chi connectivity index (χ1) is 8.18. The Morgan fingerprint density at radius 2 is 1.89 bits per heavy atom. The highest BCUT2D eigenvalue weighted by Gasteiger charge is 2.25. The van der Waals surface area contributed by atoms with Crippen LogP contribution in [0.4, 0.5) is 4.79 Å². The van der Waals surface area contributed by atoms with Gasteiger partial charge in [0, 0.05) is 12.0 Å². The Morgan fingerprint density at radius 3 is 2.28 bits per heavy atom. The van der Waals surface area contributed by atoms with Crippen molar-refractivity contribution >= 4 is 17.9 Å². The van der Waals surface area contributed by atoms with Gasteiger partial charge in [-0.15, -0.1) is 0 Å². The normalized spacial score (nSPS) is 12.6. The molecule has 7 heteroatoms. The Morgan fingerprint density at radius 1 is 1.33 bits per heavy atom. The van der Waals surface area contributed by atoms with Crippen LogP contribution in [-0.2, 0) is 9.59 Å². The van der Waals surface area contributed by atoms with Gasteiger partial charge in [-0.1, -0.05) is 13.3 Å². The third-order valence-electron chi connectivity index (χ3n) is 2.25. The van der Waals surface area contributed by atoms with Gasteiger partial charge in [-0.2, -0.15) is 0 Å². The Kier molecular flexibility index (Phi) is 6.15. The number of hydrogen-bond acceptors (Lipinski definition) is 3. The molecule has 0 heterocycles. The summed E-state index contributed by atoms with van der Waals surface area (Å²) in [5.74, 6) is -1.62. The number of carbonyl (C=O) groups is 3. The molecule has 1 atom stereocenters. The van der Waals surface area contributed by atoms with Gasteiger partial charge in [0.25, 0.3) is 0 Å². The van der Waals surface area contributed by atoms with Crippen LogP contribution in [0.15, 0.2) is 0 Å². The Hall–Kier alpha value is -1.79. The lowest BCUT2D eigenvalue weighted by Crippen LogP contribution is -2.53. The van der Waals surface area contributed by atoms with Gasteiger partial charge in [-0.25, -0.2) is 9.59 Å². The summed E-state index contributed by atoms with van der Waals surface area (Å²) in [7, 11) is 0. The molecule has 0 bridgehead atoms. The van der Waals surface area contributed by atoms with Gasteiger partial charge in [0.05, 0.1) is 0 Å². The number of hydrogen-bond donors (Lipinski definition) is 4. The molecule has 0 aliphatic carbocycles. The maximum absolute atomic E-state index is 11.6. The van der Waals surface area contributed by atoms with Crippen LogP contribution >= 0.6 is 0 Å². The molecule has 0 fully saturated rings. The number of carboxylic acids is 1. The van der Waals surface area contributed by atoms with Crippen LogP contribution in [0.2, 0.25) is 0 Å². The second-order valence-corrected chi connectivity index (χ2v) is 4.80. The summed E-state index contributed by atoms with van der Waals surface area (Å²) in [5.41, 5.74) is 4.23. The molecule has 0 aromatic carbocycles. The molecule has 0 spiro atoms. The van der Waals surface area contributed by atoms with E-state index < -0.39 is 29.5 Å². The zero-order chi connectivity index (χ0) is 14.3. The highest BCUT2D eigenvalue weighted by atomic mass is 16.4. The Labute approximate surface area is 106 Å². The fourth-order valence-corrected chi connectivity index (χ4v) is 1.53. The van der Waals surface area contributed by atoms with Crippen molar-refractivity contribution in [3.05, 3.63) is 0 Å². The van der Waals surface area contributed by atoms with Gasteiger partial charge in [0.15, 0.2) is 0 Å². The van der Waals surface area contributed by atoms with E-state index in [9.17, 15) is 14.4 Å². The van der Waals surface area contributed by atoms with Crippen LogP contribution in [0.25, 0.3) is 0 Å². The Balaban J connectivity index is 4.39. The van der Waals surface area contributed by atoms with E-state index in [4.69, 9.17) is 10.8 Å². The summed E-state index contributed by atoms with van der Waals surface area (Å²) in [4.78, 5) is 33.2. The van der Waals surface area contributed by atoms with E-state index in [0.717, 1.165) is 0 Å². The lowest BCUT2D eigenvalue weighted by molar-refractivity contribution is -0.139. The zero-order valence-electron chi connectivity index (χ0n) is 10.9. The van der Waals surface area contributed by atoms with Crippen molar-refractivity contribution in [2.45, 2.75) is 51.6 Å². The van der Waals surface area contributed by atoms with Crippen molar-refractivity contribution in [3.63, 3.8) is 0 Å². The lowest BCUT2D eigenvalue weighted by Gasteiger charge is -2.26. The first-order valence-electron chi connectivity index (χ1n) is 5.77. The van der Waals surface area contributed by atoms with Gasteiger partial charge in [-0.05, 0) is 20.3 Å². The first-order valence-corrected chi connectivity index (χ1v) is 5.77. The highest BCUT2D eigenvalue weighted by Crippen LogP contribution is 2.07. The number of amides is 3. The van der Waals surface area contributed by atoms with Crippen LogP contribution in [0, 0.1) is 0 Å². The molecule has 1 unspecified atom stereocenters. The summed E-state index contributed by atoms with van der Waals surface area (Å²) in [5, 5.41) is 13.7. The molecule has 0 radical (unpaired) electrons. The first kappa shape index (κ1) is 16.2. The van der Waals surface area contributed by atoms with Crippen LogP contribution in [0.3, 0.4) is 0 Å². The summed E-state index contributed by atoms with van der Waals surface area (Å²) in [6, 6.07) is -1.55. The van der Waals surface area contributed by atoms with Crippen molar-refractivity contribution < 1.29 is 19.5 Å². The molecular formula is C11H21N3O4. The molecule has 0 aromatic heterocycles. The summed E-state index contributed by atoms with van der Waals surface area (Å²) >= 11 is 0. The fraction of sp³-hybridized carbons (Fsp3) is 0.727. The Bertz CT molecular complexity index is 328. The number of urea groups is 1. The molecular weight excluding hydrogens is 238 g/mol. The van der Waals surface area contributed by atoms with Crippen molar-refractivity contribution in [3.8, 4) is 0 Å². The molecule has 104 valence electrons. The zero-order valence-corrected chi connectivity index (χ0v) is 10.9. The average molecular weight is 259 g/mol. The van der Waals surface area contributed by atoms with Crippen molar-refractivity contribution in [2.75, 3.05) is 0 Å². The summed E-state index contributed by atoms with van der Waals surface area (Å²) in [6.07, 6.45) is 0.965. The molecule has 5 N–H and O–H groups in total. The topological polar surface area (TPSA) is 122 Å². The SMILES string of the molecule is CCCC(NC(=O)NC(C)(C)CC(N)=O)C(=O)O. The molecule has 18 heavy (non-hydrogen) atoms. The molecule has 0 rings (SSSR count). The smallest absolute Gasteiger partial charge is 0.326 e. The number of primary amides is 1. The van der Waals surface area contributed by atoms with E-state index in [1.54, 1.807) is 13.8 Å². The number of rotatable bonds is 7. The third kappa shape index (κ3) is 6.72. The molecule has 0 aliphatic rings. The largest absolute Gasteiger partial charge is 0.480 e. The van der Waals surface area contributed by atoms with E-state index in [0.29, 0.717) is 12.8 Å². The standard InChI is InChI=1S/C11H21N3O4/c1-4-5-7(9(16)17)13-10(18)14-11(2,3)6-8(12)15/h7H,4-6H2,1-3H3,(H2,12,15)(H,16,17)(H2,13,14,18). The quantitative estimate of drug-likeness (QED) is 0.521. The van der Waals surface area contributed by atoms with Gasteiger partial charge in [0.1, 0.15) is 6.04 Å². The highest BCUT2D eigenvalue weighted by molar-refractivity contribution is 5.83. The van der Waals surface area contributed by atoms with E-state index in [2.05, 4.69) is 10.6 Å². The van der Waals surface area contributed by atoms with E-state index >= 15 is 0 Å². The minimum atomic E-state index is -1.08. The second-order valence-electron chi connectivity index (χ2n) is 4.80. The molecule has 3 amide bonds. The molecule has 7 nitrogen and oxygen atoms in total. The van der Waals surface area contributed by atoms with Crippen LogP contribution in [-0.4, -0.2) is 34.6 Å². The predicted octanol–water partition coefficient (Wildman–Crippen LogP) is 0.193. The van der Waals surface area contributed by atoms with Gasteiger partial charge >= 0.3 is 12.0 Å². The van der Waals surface area contributed by atoms with Crippen molar-refractivity contribution in [1.82, 2.24) is 10.6 Å². The number of carboxylic acid groups (broad SMARTS) is 1. The van der Waals surface area contributed by atoms with Gasteiger partial charge in [-0.3, -0.25) is 4.79 Å². The van der Waals surface area contributed by atoms with E-state index in [1.807, 2.05) is 6.92 Å². The molecule has 0 saturated carbocycles. The maximum Gasteiger partial charge on any atom is 0.326 e. The van der Waals surface area contributed by atoms with Gasteiger partial charge in [0.2, 0.25) is 5.91 Å². The fourth-order valence-electron chi connectivity index (χ4n) is 1.53.